The Kier molecular flexibility index (Phi) is 6.25. The number of nitrogens with one attached hydrogen (secondary N) is 1. The number of nitrogen functional groups attached to an aromatic ring is 1. The summed E-state index contributed by atoms with van der Waals surface area (Å²) in [5.74, 6) is 0.613. The summed E-state index contributed by atoms with van der Waals surface area (Å²) in [4.78, 5) is 14.9. The molecule has 1 fully saturated rings. The zero-order valence-electron chi connectivity index (χ0n) is 13.8. The Morgan fingerprint density at radius 1 is 1.27 bits per heavy atom. The molecule has 0 radical (unpaired) electrons. The summed E-state index contributed by atoms with van der Waals surface area (Å²) in [6, 6.07) is 7.62. The molecule has 1 unspecified atom stereocenters. The molecule has 0 saturated carbocycles. The van der Waals surface area contributed by atoms with Gasteiger partial charge in [0.1, 0.15) is 0 Å². The highest BCUT2D eigenvalue weighted by Gasteiger charge is 2.27. The molecular weight excluding hydrogens is 274 g/mol. The average molecular weight is 303 g/mol. The van der Waals surface area contributed by atoms with Crippen LogP contribution in [-0.2, 0) is 0 Å². The summed E-state index contributed by atoms with van der Waals surface area (Å²) in [6.07, 6.45) is 4.87. The first-order valence-corrected chi connectivity index (χ1v) is 8.53. The van der Waals surface area contributed by atoms with Crippen LogP contribution in [0.15, 0.2) is 24.3 Å². The van der Waals surface area contributed by atoms with Gasteiger partial charge in [0.2, 0.25) is 0 Å². The quantitative estimate of drug-likeness (QED) is 0.762. The van der Waals surface area contributed by atoms with Crippen LogP contribution < -0.4 is 11.1 Å². The molecule has 1 saturated heterocycles. The summed E-state index contributed by atoms with van der Waals surface area (Å²) >= 11 is 0. The van der Waals surface area contributed by atoms with Crippen LogP contribution in [-0.4, -0.2) is 36.5 Å². The fraction of sp³-hybridized carbons (Fsp3) is 0.611. The molecule has 1 amide bonds. The van der Waals surface area contributed by atoms with E-state index in [1.165, 1.54) is 12.8 Å². The maximum absolute atomic E-state index is 12.3. The molecular formula is C18H29N3O. The number of anilines is 1. The average Bonchev–Trinajstić information content (AvgIpc) is 3.05. The Hall–Kier alpha value is -1.55. The van der Waals surface area contributed by atoms with Crippen LogP contribution in [0.5, 0.6) is 0 Å². The third-order valence-electron chi connectivity index (χ3n) is 4.82. The highest BCUT2D eigenvalue weighted by molar-refractivity contribution is 5.94. The molecule has 1 heterocycles. The van der Waals surface area contributed by atoms with Gasteiger partial charge in [-0.1, -0.05) is 32.8 Å². The molecule has 122 valence electrons. The fourth-order valence-corrected chi connectivity index (χ4v) is 3.48. The van der Waals surface area contributed by atoms with Crippen molar-refractivity contribution in [3.8, 4) is 0 Å². The van der Waals surface area contributed by atoms with Gasteiger partial charge >= 0.3 is 0 Å². The summed E-state index contributed by atoms with van der Waals surface area (Å²) < 4.78 is 0. The van der Waals surface area contributed by atoms with Crippen molar-refractivity contribution in [2.45, 2.75) is 45.6 Å². The number of likely N-dealkylation sites (tertiary alicyclic amines) is 1. The van der Waals surface area contributed by atoms with Crippen molar-refractivity contribution in [1.29, 1.82) is 0 Å². The van der Waals surface area contributed by atoms with E-state index < -0.39 is 0 Å². The van der Waals surface area contributed by atoms with Crippen molar-refractivity contribution in [3.63, 3.8) is 0 Å². The first-order chi connectivity index (χ1) is 10.7. The molecule has 2 rings (SSSR count). The van der Waals surface area contributed by atoms with Gasteiger partial charge in [0.15, 0.2) is 0 Å². The van der Waals surface area contributed by atoms with Gasteiger partial charge in [-0.2, -0.15) is 0 Å². The molecule has 1 aliphatic rings. The Morgan fingerprint density at radius 2 is 1.95 bits per heavy atom. The lowest BCUT2D eigenvalue weighted by molar-refractivity contribution is 0.0918. The van der Waals surface area contributed by atoms with Gasteiger partial charge in [0, 0.05) is 23.8 Å². The molecule has 4 nitrogen and oxygen atoms in total. The molecule has 1 aromatic rings. The molecule has 1 atom stereocenters. The monoisotopic (exact) mass is 303 g/mol. The van der Waals surface area contributed by atoms with Crippen molar-refractivity contribution in [3.05, 3.63) is 29.8 Å². The number of rotatable bonds is 7. The second-order valence-electron chi connectivity index (χ2n) is 6.22. The SMILES string of the molecule is CCC(CC)C(CNC(=O)c1cccc(N)c1)N1CCCC1. The van der Waals surface area contributed by atoms with Gasteiger partial charge in [-0.3, -0.25) is 9.69 Å². The second-order valence-corrected chi connectivity index (χ2v) is 6.22. The lowest BCUT2D eigenvalue weighted by Gasteiger charge is -2.34. The third kappa shape index (κ3) is 4.23. The number of carbonyl (C=O) groups is 1. The number of nitrogens with two attached hydrogens (primary N) is 1. The molecule has 0 aliphatic carbocycles. The standard InChI is InChI=1S/C18H29N3O/c1-3-14(4-2)17(21-10-5-6-11-21)13-20-18(22)15-8-7-9-16(19)12-15/h7-9,12,14,17H,3-6,10-11,13,19H2,1-2H3,(H,20,22). The number of carbonyl (C=O) groups excluding carboxylic acids is 1. The first kappa shape index (κ1) is 16.8. The Morgan fingerprint density at radius 3 is 2.55 bits per heavy atom. The summed E-state index contributed by atoms with van der Waals surface area (Å²) in [7, 11) is 0. The van der Waals surface area contributed by atoms with Crippen LogP contribution in [0.1, 0.15) is 49.9 Å². The molecule has 0 aromatic heterocycles. The van der Waals surface area contributed by atoms with E-state index in [0.717, 1.165) is 32.5 Å². The summed E-state index contributed by atoms with van der Waals surface area (Å²) in [5, 5.41) is 3.12. The van der Waals surface area contributed by atoms with Crippen LogP contribution in [0.3, 0.4) is 0 Å². The van der Waals surface area contributed by atoms with E-state index in [4.69, 9.17) is 5.73 Å². The number of benzene rings is 1. The summed E-state index contributed by atoms with van der Waals surface area (Å²) in [5.41, 5.74) is 7.03. The number of hydrogen-bond acceptors (Lipinski definition) is 3. The van der Waals surface area contributed by atoms with Crippen molar-refractivity contribution in [2.75, 3.05) is 25.4 Å². The van der Waals surface area contributed by atoms with Gasteiger partial charge < -0.3 is 11.1 Å². The van der Waals surface area contributed by atoms with E-state index in [0.29, 0.717) is 23.2 Å². The normalized spacial score (nSPS) is 16.9. The molecule has 0 bridgehead atoms. The summed E-state index contributed by atoms with van der Waals surface area (Å²) in [6.45, 7) is 7.54. The smallest absolute Gasteiger partial charge is 0.251 e. The Balaban J connectivity index is 1.99. The van der Waals surface area contributed by atoms with Gasteiger partial charge in [0.25, 0.3) is 5.91 Å². The zero-order chi connectivity index (χ0) is 15.9. The minimum atomic E-state index is -0.0255. The Labute approximate surface area is 134 Å². The van der Waals surface area contributed by atoms with E-state index in [2.05, 4.69) is 24.1 Å². The Bertz CT molecular complexity index is 477. The van der Waals surface area contributed by atoms with Crippen molar-refractivity contribution >= 4 is 11.6 Å². The van der Waals surface area contributed by atoms with E-state index in [-0.39, 0.29) is 5.91 Å². The molecule has 3 N–H and O–H groups in total. The van der Waals surface area contributed by atoms with Crippen molar-refractivity contribution in [2.24, 2.45) is 5.92 Å². The number of hydrogen-bond donors (Lipinski definition) is 2. The predicted octanol–water partition coefficient (Wildman–Crippen LogP) is 2.90. The van der Waals surface area contributed by atoms with Gasteiger partial charge in [0.05, 0.1) is 0 Å². The molecule has 1 aromatic carbocycles. The maximum atomic E-state index is 12.3. The van der Waals surface area contributed by atoms with Crippen LogP contribution in [0.4, 0.5) is 5.69 Å². The number of nitrogens with zero attached hydrogens (tertiary/aromatic N) is 1. The van der Waals surface area contributed by atoms with Crippen LogP contribution in [0.25, 0.3) is 0 Å². The number of amides is 1. The van der Waals surface area contributed by atoms with Gasteiger partial charge in [-0.25, -0.2) is 0 Å². The molecule has 1 aliphatic heterocycles. The molecule has 22 heavy (non-hydrogen) atoms. The zero-order valence-corrected chi connectivity index (χ0v) is 13.8. The van der Waals surface area contributed by atoms with Gasteiger partial charge in [-0.05, 0) is 50.0 Å². The van der Waals surface area contributed by atoms with Crippen molar-refractivity contribution in [1.82, 2.24) is 10.2 Å². The van der Waals surface area contributed by atoms with Crippen LogP contribution in [0, 0.1) is 5.92 Å². The maximum Gasteiger partial charge on any atom is 0.251 e. The molecule has 4 heteroatoms. The van der Waals surface area contributed by atoms with E-state index in [9.17, 15) is 4.79 Å². The van der Waals surface area contributed by atoms with Crippen LogP contribution >= 0.6 is 0 Å². The largest absolute Gasteiger partial charge is 0.399 e. The van der Waals surface area contributed by atoms with Crippen LogP contribution in [0.2, 0.25) is 0 Å². The van der Waals surface area contributed by atoms with E-state index in [1.54, 1.807) is 12.1 Å². The van der Waals surface area contributed by atoms with E-state index >= 15 is 0 Å². The minimum Gasteiger partial charge on any atom is -0.399 e. The lowest BCUT2D eigenvalue weighted by Crippen LogP contribution is -2.46. The predicted molar refractivity (Wildman–Crippen MR) is 91.9 cm³/mol. The lowest BCUT2D eigenvalue weighted by atomic mass is 9.93. The second kappa shape index (κ2) is 8.18. The third-order valence-corrected chi connectivity index (χ3v) is 4.82. The molecule has 0 spiro atoms. The van der Waals surface area contributed by atoms with E-state index in [1.807, 2.05) is 12.1 Å². The van der Waals surface area contributed by atoms with Gasteiger partial charge in [-0.15, -0.1) is 0 Å². The highest BCUT2D eigenvalue weighted by Crippen LogP contribution is 2.22. The highest BCUT2D eigenvalue weighted by atomic mass is 16.1. The first-order valence-electron chi connectivity index (χ1n) is 8.53. The topological polar surface area (TPSA) is 58.4 Å². The fourth-order valence-electron chi connectivity index (χ4n) is 3.48. The minimum absolute atomic E-state index is 0.0255. The van der Waals surface area contributed by atoms with Crippen molar-refractivity contribution < 1.29 is 4.79 Å².